The smallest absolute Gasteiger partial charge is 0.423 e. The van der Waals surface area contributed by atoms with E-state index in [1.165, 1.54) is 30.6 Å². The molecule has 134 valence electrons. The lowest BCUT2D eigenvalue weighted by atomic mass is 10.1. The Labute approximate surface area is 150 Å². The van der Waals surface area contributed by atoms with Crippen molar-refractivity contribution in [2.24, 2.45) is 0 Å². The van der Waals surface area contributed by atoms with Crippen molar-refractivity contribution in [3.8, 4) is 5.75 Å². The molecule has 0 fully saturated rings. The number of nitrogens with zero attached hydrogens (tertiary/aromatic N) is 3. The maximum atomic E-state index is 14.2. The number of fused-ring (bicyclic) bond motifs is 2. The molecule has 1 aliphatic rings. The van der Waals surface area contributed by atoms with E-state index in [0.29, 0.717) is 11.1 Å². The van der Waals surface area contributed by atoms with Crippen LogP contribution in [-0.2, 0) is 11.3 Å². The Kier molecular flexibility index (Phi) is 3.85. The fraction of sp³-hybridized carbons (Fsp3) is 0.235. The summed E-state index contributed by atoms with van der Waals surface area (Å²) in [7, 11) is 0. The van der Waals surface area contributed by atoms with Crippen LogP contribution in [0.3, 0.4) is 0 Å². The molecule has 26 heavy (non-hydrogen) atoms. The summed E-state index contributed by atoms with van der Waals surface area (Å²) in [6.45, 7) is 1.38. The average molecular weight is 377 g/mol. The topological polar surface area (TPSA) is 75.6 Å². The van der Waals surface area contributed by atoms with Gasteiger partial charge in [-0.3, -0.25) is 9.69 Å². The number of hydrogen-bond acceptors (Lipinski definition) is 6. The van der Waals surface area contributed by atoms with E-state index in [2.05, 4.69) is 14.3 Å². The summed E-state index contributed by atoms with van der Waals surface area (Å²) in [5, 5.41) is 13.8. The van der Waals surface area contributed by atoms with Crippen molar-refractivity contribution >= 4 is 33.3 Å². The van der Waals surface area contributed by atoms with E-state index >= 15 is 0 Å². The number of halogens is 2. The van der Waals surface area contributed by atoms with E-state index in [-0.39, 0.29) is 23.5 Å². The maximum Gasteiger partial charge on any atom is 0.483 e. The number of rotatable bonds is 3. The maximum absolute atomic E-state index is 14.2. The molecule has 9 heteroatoms. The molecule has 0 radical (unpaired) electrons. The van der Waals surface area contributed by atoms with Gasteiger partial charge in [0.25, 0.3) is 0 Å². The quantitative estimate of drug-likeness (QED) is 0.758. The third-order valence-corrected chi connectivity index (χ3v) is 4.83. The molecule has 1 unspecified atom stereocenters. The van der Waals surface area contributed by atoms with Gasteiger partial charge in [-0.1, -0.05) is 22.7 Å². The highest BCUT2D eigenvalue weighted by atomic mass is 32.1. The van der Waals surface area contributed by atoms with Gasteiger partial charge in [0.15, 0.2) is 5.75 Å². The van der Waals surface area contributed by atoms with Crippen molar-refractivity contribution in [2.45, 2.75) is 25.7 Å². The molecule has 1 atom stereocenters. The minimum absolute atomic E-state index is 0.0676. The van der Waals surface area contributed by atoms with Crippen molar-refractivity contribution in [1.29, 1.82) is 0 Å². The van der Waals surface area contributed by atoms with Gasteiger partial charge in [0, 0.05) is 5.56 Å². The molecule has 0 aliphatic carbocycles. The fourth-order valence-corrected chi connectivity index (χ4v) is 3.52. The fourth-order valence-electron chi connectivity index (χ4n) is 2.89. The van der Waals surface area contributed by atoms with Crippen LogP contribution in [0, 0.1) is 0 Å². The molecule has 1 amide bonds. The molecule has 4 rings (SSSR count). The normalized spacial score (nSPS) is 17.1. The highest BCUT2D eigenvalue weighted by molar-refractivity contribution is 7.12. The number of amides is 1. The molecule has 1 aliphatic heterocycles. The first kappa shape index (κ1) is 16.8. The van der Waals surface area contributed by atoms with Gasteiger partial charge in [-0.05, 0) is 42.2 Å². The van der Waals surface area contributed by atoms with E-state index in [9.17, 15) is 18.7 Å². The second kappa shape index (κ2) is 5.96. The van der Waals surface area contributed by atoms with E-state index in [1.807, 2.05) is 0 Å². The van der Waals surface area contributed by atoms with Crippen molar-refractivity contribution in [1.82, 2.24) is 9.59 Å². The predicted octanol–water partition coefficient (Wildman–Crippen LogP) is 3.26. The number of aliphatic hydroxyl groups is 1. The van der Waals surface area contributed by atoms with Crippen LogP contribution in [0.4, 0.5) is 14.5 Å². The second-order valence-electron chi connectivity index (χ2n) is 5.96. The Bertz CT molecular complexity index is 1010. The van der Waals surface area contributed by atoms with Crippen LogP contribution in [0.5, 0.6) is 5.75 Å². The first-order valence-electron chi connectivity index (χ1n) is 7.77. The Morgan fingerprint density at radius 2 is 2.15 bits per heavy atom. The van der Waals surface area contributed by atoms with E-state index in [4.69, 9.17) is 0 Å². The largest absolute Gasteiger partial charge is 0.483 e. The third-order valence-electron chi connectivity index (χ3n) is 4.14. The standard InChI is InChI=1S/C17H13F2N3O3S/c1-9(23)11-3-2-4-13-15(11)25-17(18,19)16(24)22(13)8-10-5-6-12-14(7-10)26-21-20-12/h2-7,9,23H,8H2,1H3. The Hall–Kier alpha value is -2.65. The number of aromatic nitrogens is 2. The molecule has 2 heterocycles. The van der Waals surface area contributed by atoms with Gasteiger partial charge in [-0.25, -0.2) is 0 Å². The molecule has 1 aromatic heterocycles. The number of hydrogen-bond donors (Lipinski definition) is 1. The van der Waals surface area contributed by atoms with Gasteiger partial charge in [-0.2, -0.15) is 8.78 Å². The van der Waals surface area contributed by atoms with Crippen LogP contribution in [0.2, 0.25) is 0 Å². The third kappa shape index (κ3) is 2.69. The number of aliphatic hydroxyl groups excluding tert-OH is 1. The highest BCUT2D eigenvalue weighted by Crippen LogP contribution is 2.44. The highest BCUT2D eigenvalue weighted by Gasteiger charge is 2.51. The molecule has 0 saturated carbocycles. The molecule has 6 nitrogen and oxygen atoms in total. The van der Waals surface area contributed by atoms with Crippen LogP contribution >= 0.6 is 11.5 Å². The lowest BCUT2D eigenvalue weighted by Gasteiger charge is -2.35. The first-order chi connectivity index (χ1) is 12.4. The lowest BCUT2D eigenvalue weighted by Crippen LogP contribution is -2.50. The average Bonchev–Trinajstić information content (AvgIpc) is 3.05. The minimum atomic E-state index is -4.01. The number of carbonyl (C=O) groups excluding carboxylic acids is 1. The van der Waals surface area contributed by atoms with Crippen LogP contribution in [-0.4, -0.2) is 26.7 Å². The summed E-state index contributed by atoms with van der Waals surface area (Å²) in [6.07, 6.45) is -5.02. The van der Waals surface area contributed by atoms with Gasteiger partial charge in [0.1, 0.15) is 5.52 Å². The van der Waals surface area contributed by atoms with Crippen molar-refractivity contribution in [3.05, 3.63) is 47.5 Å². The summed E-state index contributed by atoms with van der Waals surface area (Å²) in [5.41, 5.74) is 1.75. The summed E-state index contributed by atoms with van der Waals surface area (Å²) in [4.78, 5) is 13.2. The zero-order chi connectivity index (χ0) is 18.5. The molecule has 0 saturated heterocycles. The van der Waals surface area contributed by atoms with Crippen molar-refractivity contribution in [2.75, 3.05) is 4.90 Å². The van der Waals surface area contributed by atoms with Crippen molar-refractivity contribution < 1.29 is 23.4 Å². The summed E-state index contributed by atoms with van der Waals surface area (Å²) in [6, 6.07) is 9.79. The Balaban J connectivity index is 1.79. The number of anilines is 1. The summed E-state index contributed by atoms with van der Waals surface area (Å²) < 4.78 is 37.6. The van der Waals surface area contributed by atoms with Crippen LogP contribution in [0.15, 0.2) is 36.4 Å². The van der Waals surface area contributed by atoms with E-state index in [0.717, 1.165) is 9.60 Å². The van der Waals surface area contributed by atoms with Crippen LogP contribution in [0.25, 0.3) is 10.2 Å². The summed E-state index contributed by atoms with van der Waals surface area (Å²) >= 11 is 1.19. The zero-order valence-electron chi connectivity index (χ0n) is 13.5. The Morgan fingerprint density at radius 1 is 1.35 bits per heavy atom. The van der Waals surface area contributed by atoms with Gasteiger partial charge < -0.3 is 9.84 Å². The second-order valence-corrected chi connectivity index (χ2v) is 6.74. The van der Waals surface area contributed by atoms with Gasteiger partial charge in [0.2, 0.25) is 0 Å². The molecule has 0 spiro atoms. The zero-order valence-corrected chi connectivity index (χ0v) is 14.3. The molecule has 3 aromatic rings. The lowest BCUT2D eigenvalue weighted by molar-refractivity contribution is -0.193. The SMILES string of the molecule is CC(O)c1cccc2c1OC(F)(F)C(=O)N2Cc1ccc2nnsc2c1. The number of alkyl halides is 2. The molecule has 2 aromatic carbocycles. The minimum Gasteiger partial charge on any atom is -0.423 e. The van der Waals surface area contributed by atoms with E-state index in [1.54, 1.807) is 24.3 Å². The number of carbonyl (C=O) groups is 1. The number of para-hydroxylation sites is 1. The van der Waals surface area contributed by atoms with Gasteiger partial charge in [-0.15, -0.1) is 5.10 Å². The summed E-state index contributed by atoms with van der Waals surface area (Å²) in [5.74, 6) is -1.64. The number of benzene rings is 2. The molecular formula is C17H13F2N3O3S. The van der Waals surface area contributed by atoms with Gasteiger partial charge in [0.05, 0.1) is 23.0 Å². The van der Waals surface area contributed by atoms with Gasteiger partial charge >= 0.3 is 12.0 Å². The molecule has 0 bridgehead atoms. The monoisotopic (exact) mass is 377 g/mol. The van der Waals surface area contributed by atoms with Crippen molar-refractivity contribution in [3.63, 3.8) is 0 Å². The van der Waals surface area contributed by atoms with Crippen LogP contribution in [0.1, 0.15) is 24.2 Å². The Morgan fingerprint density at radius 3 is 2.92 bits per heavy atom. The number of ether oxygens (including phenoxy) is 1. The first-order valence-corrected chi connectivity index (χ1v) is 8.55. The predicted molar refractivity (Wildman–Crippen MR) is 91.3 cm³/mol. The molecule has 1 N–H and O–H groups in total. The van der Waals surface area contributed by atoms with Crippen LogP contribution < -0.4 is 9.64 Å². The molecular weight excluding hydrogens is 364 g/mol. The van der Waals surface area contributed by atoms with E-state index < -0.39 is 18.1 Å².